The zero-order valence-electron chi connectivity index (χ0n) is 9.12. The fourth-order valence-electron chi connectivity index (χ4n) is 1.07. The van der Waals surface area contributed by atoms with Crippen molar-refractivity contribution in [3.05, 3.63) is 29.6 Å². The van der Waals surface area contributed by atoms with Crippen LogP contribution >= 0.6 is 0 Å². The monoisotopic (exact) mass is 221 g/mol. The van der Waals surface area contributed by atoms with Gasteiger partial charge in [0.15, 0.2) is 0 Å². The molecule has 0 heterocycles. The number of anilines is 1. The van der Waals surface area contributed by atoms with Crippen molar-refractivity contribution >= 4 is 11.7 Å². The smallest absolute Gasteiger partial charge is 0.321 e. The topological polar surface area (TPSA) is 56.1 Å². The van der Waals surface area contributed by atoms with Crippen molar-refractivity contribution in [3.8, 4) is 6.07 Å². The molecule has 84 valence electrons. The zero-order valence-corrected chi connectivity index (χ0v) is 9.12. The third-order valence-electron chi connectivity index (χ3n) is 2.16. The Kier molecular flexibility index (Phi) is 3.84. The molecule has 0 spiro atoms. The van der Waals surface area contributed by atoms with E-state index in [1.807, 2.05) is 13.0 Å². The van der Waals surface area contributed by atoms with Crippen LogP contribution in [0.5, 0.6) is 0 Å². The molecule has 0 unspecified atom stereocenters. The first kappa shape index (κ1) is 12.0. The average molecular weight is 221 g/mol. The largest absolute Gasteiger partial charge is 0.328 e. The van der Waals surface area contributed by atoms with Gasteiger partial charge in [0, 0.05) is 13.6 Å². The second-order valence-corrected chi connectivity index (χ2v) is 3.25. The molecule has 1 aromatic rings. The van der Waals surface area contributed by atoms with E-state index < -0.39 is 5.82 Å². The quantitative estimate of drug-likeness (QED) is 0.832. The van der Waals surface area contributed by atoms with E-state index in [0.717, 1.165) is 6.07 Å². The van der Waals surface area contributed by atoms with Crippen LogP contribution in [0.2, 0.25) is 0 Å². The Bertz CT molecular complexity index is 439. The summed E-state index contributed by atoms with van der Waals surface area (Å²) in [7, 11) is 1.63. The summed E-state index contributed by atoms with van der Waals surface area (Å²) in [6.07, 6.45) is 0. The normalized spacial score (nSPS) is 9.38. The summed E-state index contributed by atoms with van der Waals surface area (Å²) >= 11 is 0. The summed E-state index contributed by atoms with van der Waals surface area (Å²) < 4.78 is 12.8. The lowest BCUT2D eigenvalue weighted by Crippen LogP contribution is -2.31. The number of carbonyl (C=O) groups excluding carboxylic acids is 1. The van der Waals surface area contributed by atoms with Gasteiger partial charge in [0.25, 0.3) is 0 Å². The van der Waals surface area contributed by atoms with Crippen LogP contribution in [0, 0.1) is 17.1 Å². The number of nitriles is 1. The number of urea groups is 1. The fourth-order valence-corrected chi connectivity index (χ4v) is 1.07. The molecule has 1 aromatic carbocycles. The van der Waals surface area contributed by atoms with Gasteiger partial charge >= 0.3 is 6.03 Å². The van der Waals surface area contributed by atoms with Gasteiger partial charge in [0.1, 0.15) is 11.9 Å². The van der Waals surface area contributed by atoms with E-state index in [9.17, 15) is 9.18 Å². The maximum absolute atomic E-state index is 12.8. The SMILES string of the molecule is CCN(C)C(=O)Nc1ccc(F)cc1C#N. The zero-order chi connectivity index (χ0) is 12.1. The predicted molar refractivity (Wildman–Crippen MR) is 58.4 cm³/mol. The minimum atomic E-state index is -0.501. The fraction of sp³-hybridized carbons (Fsp3) is 0.273. The lowest BCUT2D eigenvalue weighted by Gasteiger charge is -2.15. The Labute approximate surface area is 93.3 Å². The number of hydrogen-bond acceptors (Lipinski definition) is 2. The maximum Gasteiger partial charge on any atom is 0.321 e. The highest BCUT2D eigenvalue weighted by Gasteiger charge is 2.10. The lowest BCUT2D eigenvalue weighted by molar-refractivity contribution is 0.224. The average Bonchev–Trinajstić information content (AvgIpc) is 2.30. The third kappa shape index (κ3) is 2.70. The second-order valence-electron chi connectivity index (χ2n) is 3.25. The number of amides is 2. The number of nitrogens with zero attached hydrogens (tertiary/aromatic N) is 2. The van der Waals surface area contributed by atoms with E-state index in [1.54, 1.807) is 7.05 Å². The van der Waals surface area contributed by atoms with Gasteiger partial charge in [-0.1, -0.05) is 0 Å². The van der Waals surface area contributed by atoms with E-state index in [4.69, 9.17) is 5.26 Å². The molecule has 0 aliphatic heterocycles. The Morgan fingerprint density at radius 3 is 2.88 bits per heavy atom. The number of benzene rings is 1. The number of nitrogens with one attached hydrogen (secondary N) is 1. The van der Waals surface area contributed by atoms with E-state index in [-0.39, 0.29) is 11.6 Å². The van der Waals surface area contributed by atoms with Gasteiger partial charge in [-0.05, 0) is 25.1 Å². The summed E-state index contributed by atoms with van der Waals surface area (Å²) in [5, 5.41) is 11.3. The summed E-state index contributed by atoms with van der Waals surface area (Å²) in [5.74, 6) is -0.501. The molecule has 0 aromatic heterocycles. The summed E-state index contributed by atoms with van der Waals surface area (Å²) in [6.45, 7) is 2.38. The van der Waals surface area contributed by atoms with Crippen LogP contribution < -0.4 is 5.32 Å². The Balaban J connectivity index is 2.90. The molecule has 0 saturated heterocycles. The van der Waals surface area contributed by atoms with Crippen molar-refractivity contribution in [1.29, 1.82) is 5.26 Å². The van der Waals surface area contributed by atoms with Crippen LogP contribution in [-0.2, 0) is 0 Å². The third-order valence-corrected chi connectivity index (χ3v) is 2.16. The van der Waals surface area contributed by atoms with Crippen LogP contribution in [0.3, 0.4) is 0 Å². The van der Waals surface area contributed by atoms with Crippen molar-refractivity contribution in [2.75, 3.05) is 18.9 Å². The van der Waals surface area contributed by atoms with E-state index in [1.165, 1.54) is 17.0 Å². The molecule has 0 aliphatic rings. The molecule has 0 atom stereocenters. The van der Waals surface area contributed by atoms with E-state index >= 15 is 0 Å². The predicted octanol–water partition coefficient (Wildman–Crippen LogP) is 2.18. The number of carbonyl (C=O) groups is 1. The molecule has 4 nitrogen and oxygen atoms in total. The minimum absolute atomic E-state index is 0.109. The lowest BCUT2D eigenvalue weighted by atomic mass is 10.2. The van der Waals surface area contributed by atoms with Crippen molar-refractivity contribution < 1.29 is 9.18 Å². The minimum Gasteiger partial charge on any atom is -0.328 e. The van der Waals surface area contributed by atoms with Crippen molar-refractivity contribution in [3.63, 3.8) is 0 Å². The van der Waals surface area contributed by atoms with Crippen LogP contribution in [-0.4, -0.2) is 24.5 Å². The number of halogens is 1. The van der Waals surface area contributed by atoms with Crippen LogP contribution in [0.15, 0.2) is 18.2 Å². The van der Waals surface area contributed by atoms with Gasteiger partial charge in [0.2, 0.25) is 0 Å². The highest BCUT2D eigenvalue weighted by molar-refractivity contribution is 5.90. The Hall–Kier alpha value is -2.09. The van der Waals surface area contributed by atoms with Gasteiger partial charge in [-0.2, -0.15) is 5.26 Å². The van der Waals surface area contributed by atoms with Crippen LogP contribution in [0.25, 0.3) is 0 Å². The highest BCUT2D eigenvalue weighted by atomic mass is 19.1. The summed E-state index contributed by atoms with van der Waals surface area (Å²) in [6, 6.07) is 5.15. The summed E-state index contributed by atoms with van der Waals surface area (Å²) in [4.78, 5) is 13.0. The molecule has 2 amide bonds. The maximum atomic E-state index is 12.8. The highest BCUT2D eigenvalue weighted by Crippen LogP contribution is 2.16. The molecule has 0 fully saturated rings. The number of rotatable bonds is 2. The molecule has 1 rings (SSSR count). The van der Waals surface area contributed by atoms with Gasteiger partial charge in [-0.25, -0.2) is 9.18 Å². The molecule has 5 heteroatoms. The molecular weight excluding hydrogens is 209 g/mol. The first-order valence-electron chi connectivity index (χ1n) is 4.80. The summed E-state index contributed by atoms with van der Waals surface area (Å²) in [5.41, 5.74) is 0.423. The standard InChI is InChI=1S/C11H12FN3O/c1-3-15(2)11(16)14-10-5-4-9(12)6-8(10)7-13/h4-6H,3H2,1-2H3,(H,14,16). The molecule has 0 radical (unpaired) electrons. The van der Waals surface area contributed by atoms with Gasteiger partial charge in [0.05, 0.1) is 11.3 Å². The first-order chi connectivity index (χ1) is 7.58. The number of hydrogen-bond donors (Lipinski definition) is 1. The van der Waals surface area contributed by atoms with Crippen LogP contribution in [0.1, 0.15) is 12.5 Å². The first-order valence-corrected chi connectivity index (χ1v) is 4.80. The molecule has 16 heavy (non-hydrogen) atoms. The van der Waals surface area contributed by atoms with Crippen molar-refractivity contribution in [2.24, 2.45) is 0 Å². The van der Waals surface area contributed by atoms with Crippen LogP contribution in [0.4, 0.5) is 14.9 Å². The molecule has 0 aliphatic carbocycles. The second kappa shape index (κ2) is 5.12. The van der Waals surface area contributed by atoms with Gasteiger partial charge in [-0.15, -0.1) is 0 Å². The molecule has 0 bridgehead atoms. The van der Waals surface area contributed by atoms with Crippen molar-refractivity contribution in [1.82, 2.24) is 4.90 Å². The Morgan fingerprint density at radius 2 is 2.31 bits per heavy atom. The Morgan fingerprint density at radius 1 is 1.62 bits per heavy atom. The van der Waals surface area contributed by atoms with E-state index in [0.29, 0.717) is 12.2 Å². The molecule has 1 N–H and O–H groups in total. The van der Waals surface area contributed by atoms with Crippen molar-refractivity contribution in [2.45, 2.75) is 6.92 Å². The molecular formula is C11H12FN3O. The van der Waals surface area contributed by atoms with Gasteiger partial charge < -0.3 is 10.2 Å². The van der Waals surface area contributed by atoms with E-state index in [2.05, 4.69) is 5.32 Å². The van der Waals surface area contributed by atoms with Gasteiger partial charge in [-0.3, -0.25) is 0 Å². The molecule has 0 saturated carbocycles.